The fourth-order valence-corrected chi connectivity index (χ4v) is 4.59. The highest BCUT2D eigenvalue weighted by Crippen LogP contribution is 2.38. The van der Waals surface area contributed by atoms with Crippen LogP contribution in [0.25, 0.3) is 0 Å². The number of nitrogens with zero attached hydrogens (tertiary/aromatic N) is 1. The quantitative estimate of drug-likeness (QED) is 0.283. The molecule has 1 unspecified atom stereocenters. The van der Waals surface area contributed by atoms with Gasteiger partial charge in [-0.15, -0.1) is 24.0 Å². The van der Waals surface area contributed by atoms with Gasteiger partial charge < -0.3 is 25.2 Å². The highest BCUT2D eigenvalue weighted by Gasteiger charge is 2.37. The summed E-state index contributed by atoms with van der Waals surface area (Å²) in [5.74, 6) is 0.766. The second-order valence-electron chi connectivity index (χ2n) is 7.93. The summed E-state index contributed by atoms with van der Waals surface area (Å²) in [5.41, 5.74) is 1.07. The molecular formula is C21H33ClIN3O3. The first-order valence-electron chi connectivity index (χ1n) is 10.1. The SMILES string of the molecule is CN=C(NCC1(CCO)CCOC1)NCC1(c2ccccc2Cl)CCOCC1.I. The molecule has 2 aliphatic heterocycles. The number of nitrogens with one attached hydrogen (secondary N) is 2. The van der Waals surface area contributed by atoms with E-state index in [2.05, 4.69) is 21.7 Å². The molecule has 3 rings (SSSR count). The normalized spacial score (nSPS) is 24.0. The van der Waals surface area contributed by atoms with Crippen LogP contribution in [0.5, 0.6) is 0 Å². The van der Waals surface area contributed by atoms with Crippen molar-refractivity contribution in [2.45, 2.75) is 31.1 Å². The van der Waals surface area contributed by atoms with E-state index in [-0.39, 0.29) is 41.4 Å². The zero-order chi connectivity index (χ0) is 19.9. The van der Waals surface area contributed by atoms with Gasteiger partial charge in [0.25, 0.3) is 0 Å². The molecule has 0 spiro atoms. The Morgan fingerprint density at radius 3 is 2.41 bits per heavy atom. The summed E-state index contributed by atoms with van der Waals surface area (Å²) in [7, 11) is 1.78. The molecule has 1 aromatic carbocycles. The number of aliphatic hydroxyl groups is 1. The van der Waals surface area contributed by atoms with E-state index in [4.69, 9.17) is 21.1 Å². The van der Waals surface area contributed by atoms with Gasteiger partial charge in [-0.3, -0.25) is 4.99 Å². The maximum Gasteiger partial charge on any atom is 0.191 e. The minimum Gasteiger partial charge on any atom is -0.396 e. The number of aliphatic hydroxyl groups excluding tert-OH is 1. The molecular weight excluding hydrogens is 505 g/mol. The lowest BCUT2D eigenvalue weighted by Gasteiger charge is -2.39. The summed E-state index contributed by atoms with van der Waals surface area (Å²) in [6.07, 6.45) is 3.53. The van der Waals surface area contributed by atoms with Crippen molar-refractivity contribution in [1.82, 2.24) is 10.6 Å². The number of halogens is 2. The predicted octanol–water partition coefficient (Wildman–Crippen LogP) is 2.96. The number of hydrogen-bond donors (Lipinski definition) is 3. The molecule has 2 saturated heterocycles. The summed E-state index contributed by atoms with van der Waals surface area (Å²) in [6, 6.07) is 8.10. The van der Waals surface area contributed by atoms with Gasteiger partial charge in [0.05, 0.1) is 6.61 Å². The van der Waals surface area contributed by atoms with E-state index in [0.717, 1.165) is 69.6 Å². The van der Waals surface area contributed by atoms with Crippen LogP contribution >= 0.6 is 35.6 Å². The molecule has 8 heteroatoms. The third-order valence-corrected chi connectivity index (χ3v) is 6.50. The Bertz CT molecular complexity index is 662. The molecule has 1 aromatic rings. The van der Waals surface area contributed by atoms with Gasteiger partial charge >= 0.3 is 0 Å². The van der Waals surface area contributed by atoms with Crippen LogP contribution in [0.15, 0.2) is 29.3 Å². The first-order valence-corrected chi connectivity index (χ1v) is 10.5. The molecule has 0 aliphatic carbocycles. The molecule has 2 aliphatic rings. The Morgan fingerprint density at radius 2 is 1.79 bits per heavy atom. The first kappa shape index (κ1) is 24.7. The Labute approximate surface area is 195 Å². The van der Waals surface area contributed by atoms with E-state index in [1.165, 1.54) is 5.56 Å². The second kappa shape index (κ2) is 11.7. The Morgan fingerprint density at radius 1 is 1.10 bits per heavy atom. The van der Waals surface area contributed by atoms with E-state index in [1.807, 2.05) is 18.2 Å². The number of benzene rings is 1. The van der Waals surface area contributed by atoms with Crippen molar-refractivity contribution in [1.29, 1.82) is 0 Å². The summed E-state index contributed by atoms with van der Waals surface area (Å²) in [6.45, 7) is 4.54. The minimum absolute atomic E-state index is 0. The Hall–Kier alpha value is -0.610. The van der Waals surface area contributed by atoms with Crippen LogP contribution < -0.4 is 10.6 Å². The standard InChI is InChI=1S/C21H32ClN3O3.HI/c1-23-19(24-14-20(6-10-26)7-11-28-16-20)25-15-21(8-12-27-13-9-21)17-4-2-3-5-18(17)22;/h2-5,26H,6-16H2,1H3,(H2,23,24,25);1H. The molecule has 0 bridgehead atoms. The maximum atomic E-state index is 9.42. The molecule has 29 heavy (non-hydrogen) atoms. The van der Waals surface area contributed by atoms with Crippen molar-refractivity contribution in [2.24, 2.45) is 10.4 Å². The van der Waals surface area contributed by atoms with E-state index in [9.17, 15) is 5.11 Å². The molecule has 2 heterocycles. The van der Waals surface area contributed by atoms with E-state index >= 15 is 0 Å². The van der Waals surface area contributed by atoms with Crippen molar-refractivity contribution >= 4 is 41.5 Å². The van der Waals surface area contributed by atoms with Gasteiger partial charge in [0.15, 0.2) is 5.96 Å². The number of guanidine groups is 1. The van der Waals surface area contributed by atoms with Gasteiger partial charge in [-0.2, -0.15) is 0 Å². The average Bonchev–Trinajstić information content (AvgIpc) is 3.18. The van der Waals surface area contributed by atoms with Crippen LogP contribution in [0.3, 0.4) is 0 Å². The molecule has 3 N–H and O–H groups in total. The van der Waals surface area contributed by atoms with Gasteiger partial charge in [-0.1, -0.05) is 29.8 Å². The van der Waals surface area contributed by atoms with Gasteiger partial charge in [0.2, 0.25) is 0 Å². The zero-order valence-electron chi connectivity index (χ0n) is 17.1. The van der Waals surface area contributed by atoms with Crippen LogP contribution in [0.4, 0.5) is 0 Å². The Balaban J connectivity index is 0.00000300. The van der Waals surface area contributed by atoms with E-state index in [0.29, 0.717) is 6.61 Å². The van der Waals surface area contributed by atoms with Crippen LogP contribution in [0.2, 0.25) is 5.02 Å². The summed E-state index contributed by atoms with van der Waals surface area (Å²) in [4.78, 5) is 4.40. The van der Waals surface area contributed by atoms with Crippen molar-refractivity contribution in [3.8, 4) is 0 Å². The average molecular weight is 538 g/mol. The fourth-order valence-electron chi connectivity index (χ4n) is 4.25. The van der Waals surface area contributed by atoms with E-state index < -0.39 is 0 Å². The maximum absolute atomic E-state index is 9.42. The number of aliphatic imine (C=N–C) groups is 1. The second-order valence-corrected chi connectivity index (χ2v) is 8.34. The van der Waals surface area contributed by atoms with Crippen molar-refractivity contribution < 1.29 is 14.6 Å². The molecule has 0 amide bonds. The number of ether oxygens (including phenoxy) is 2. The van der Waals surface area contributed by atoms with Gasteiger partial charge in [0.1, 0.15) is 0 Å². The van der Waals surface area contributed by atoms with Gasteiger partial charge in [0, 0.05) is 62.4 Å². The lowest BCUT2D eigenvalue weighted by Crippen LogP contribution is -2.50. The smallest absolute Gasteiger partial charge is 0.191 e. The fraction of sp³-hybridized carbons (Fsp3) is 0.667. The molecule has 6 nitrogen and oxygen atoms in total. The number of hydrogen-bond acceptors (Lipinski definition) is 4. The lowest BCUT2D eigenvalue weighted by molar-refractivity contribution is 0.0514. The largest absolute Gasteiger partial charge is 0.396 e. The molecule has 164 valence electrons. The van der Waals surface area contributed by atoms with Crippen molar-refractivity contribution in [2.75, 3.05) is 53.2 Å². The van der Waals surface area contributed by atoms with Crippen LogP contribution in [0, 0.1) is 5.41 Å². The molecule has 2 fully saturated rings. The summed E-state index contributed by atoms with van der Waals surface area (Å²) in [5, 5.41) is 17.2. The molecule has 1 atom stereocenters. The third kappa shape index (κ3) is 6.19. The monoisotopic (exact) mass is 537 g/mol. The van der Waals surface area contributed by atoms with Crippen LogP contribution in [-0.4, -0.2) is 64.2 Å². The van der Waals surface area contributed by atoms with Crippen molar-refractivity contribution in [3.05, 3.63) is 34.9 Å². The predicted molar refractivity (Wildman–Crippen MR) is 128 cm³/mol. The van der Waals surface area contributed by atoms with Crippen molar-refractivity contribution in [3.63, 3.8) is 0 Å². The molecule has 0 aromatic heterocycles. The van der Waals surface area contributed by atoms with Gasteiger partial charge in [-0.25, -0.2) is 0 Å². The highest BCUT2D eigenvalue weighted by molar-refractivity contribution is 14.0. The summed E-state index contributed by atoms with van der Waals surface area (Å²) < 4.78 is 11.2. The topological polar surface area (TPSA) is 75.1 Å². The first-order chi connectivity index (χ1) is 13.6. The third-order valence-electron chi connectivity index (χ3n) is 6.17. The Kier molecular flexibility index (Phi) is 9.94. The highest BCUT2D eigenvalue weighted by atomic mass is 127. The van der Waals surface area contributed by atoms with Crippen LogP contribution in [-0.2, 0) is 14.9 Å². The molecule has 0 radical (unpaired) electrons. The minimum atomic E-state index is -0.0759. The van der Waals surface area contributed by atoms with Gasteiger partial charge in [-0.05, 0) is 37.3 Å². The molecule has 0 saturated carbocycles. The summed E-state index contributed by atoms with van der Waals surface area (Å²) >= 11 is 6.54. The lowest BCUT2D eigenvalue weighted by atomic mass is 9.74. The van der Waals surface area contributed by atoms with Crippen LogP contribution in [0.1, 0.15) is 31.2 Å². The zero-order valence-corrected chi connectivity index (χ0v) is 20.2. The van der Waals surface area contributed by atoms with E-state index in [1.54, 1.807) is 7.05 Å². The number of rotatable bonds is 7.